The number of hydrogen-bond acceptors (Lipinski definition) is 8. The number of hydrogen-bond donors (Lipinski definition) is 2. The van der Waals surface area contributed by atoms with Crippen molar-refractivity contribution in [3.05, 3.63) is 35.4 Å². The van der Waals surface area contributed by atoms with Crippen molar-refractivity contribution in [3.63, 3.8) is 0 Å². The largest absolute Gasteiger partial charge is 0.355 e. The van der Waals surface area contributed by atoms with Gasteiger partial charge in [-0.25, -0.2) is 5.48 Å². The predicted molar refractivity (Wildman–Crippen MR) is 143 cm³/mol. The molecule has 2 aromatic rings. The number of aryl methyl sites for hydroxylation is 1. The maximum Gasteiger partial charge on any atom is 0.274 e. The van der Waals surface area contributed by atoms with Gasteiger partial charge in [-0.1, -0.05) is 26.8 Å². The number of aromatic nitrogens is 2. The van der Waals surface area contributed by atoms with Gasteiger partial charge in [0.2, 0.25) is 5.95 Å². The topological polar surface area (TPSA) is 85.9 Å². The molecule has 1 aliphatic heterocycles. The SMILES string of the molecule is CCONC(=O)c1ccc(C)c(Nc2cc(N3CCCN(C)CC3)nc(N(C)CC(C)(C)C)n2)c1. The number of benzene rings is 1. The number of carbonyl (C=O) groups is 1. The molecule has 3 rings (SSSR count). The minimum absolute atomic E-state index is 0.103. The number of carbonyl (C=O) groups excluding carboxylic acids is 1. The summed E-state index contributed by atoms with van der Waals surface area (Å²) in [5.41, 5.74) is 4.91. The van der Waals surface area contributed by atoms with Crippen molar-refractivity contribution in [1.82, 2.24) is 20.3 Å². The first-order chi connectivity index (χ1) is 16.6. The van der Waals surface area contributed by atoms with Gasteiger partial charge >= 0.3 is 0 Å². The highest BCUT2D eigenvalue weighted by atomic mass is 16.6. The fourth-order valence-electron chi connectivity index (χ4n) is 4.11. The molecule has 2 N–H and O–H groups in total. The Labute approximate surface area is 209 Å². The van der Waals surface area contributed by atoms with E-state index in [1.54, 1.807) is 6.07 Å². The normalized spacial score (nSPS) is 15.0. The number of rotatable bonds is 8. The first-order valence-electron chi connectivity index (χ1n) is 12.4. The van der Waals surface area contributed by atoms with E-state index in [0.717, 1.165) is 56.2 Å². The summed E-state index contributed by atoms with van der Waals surface area (Å²) in [5.74, 6) is 2.02. The smallest absolute Gasteiger partial charge is 0.274 e. The first-order valence-corrected chi connectivity index (χ1v) is 12.4. The molecule has 0 radical (unpaired) electrons. The van der Waals surface area contributed by atoms with Crippen LogP contribution in [0.3, 0.4) is 0 Å². The lowest BCUT2D eigenvalue weighted by molar-refractivity contribution is 0.0364. The molecule has 2 heterocycles. The second-order valence-electron chi connectivity index (χ2n) is 10.5. The zero-order valence-electron chi connectivity index (χ0n) is 22.3. The summed E-state index contributed by atoms with van der Waals surface area (Å²) in [6, 6.07) is 7.54. The molecular formula is C26H41N7O2. The molecule has 0 atom stereocenters. The summed E-state index contributed by atoms with van der Waals surface area (Å²) in [4.78, 5) is 34.1. The number of likely N-dealkylation sites (N-methyl/N-ethyl adjacent to an activating group) is 1. The van der Waals surface area contributed by atoms with Crippen molar-refractivity contribution < 1.29 is 9.63 Å². The molecule has 1 fully saturated rings. The first kappa shape index (κ1) is 26.7. The van der Waals surface area contributed by atoms with Crippen LogP contribution in [0.2, 0.25) is 0 Å². The molecule has 1 amide bonds. The summed E-state index contributed by atoms with van der Waals surface area (Å²) >= 11 is 0. The van der Waals surface area contributed by atoms with Gasteiger partial charge in [-0.05, 0) is 57.0 Å². The van der Waals surface area contributed by atoms with E-state index in [-0.39, 0.29) is 11.3 Å². The van der Waals surface area contributed by atoms with E-state index in [9.17, 15) is 4.79 Å². The van der Waals surface area contributed by atoms with Crippen LogP contribution < -0.4 is 20.6 Å². The fourth-order valence-corrected chi connectivity index (χ4v) is 4.11. The van der Waals surface area contributed by atoms with Gasteiger partial charge in [-0.15, -0.1) is 0 Å². The average Bonchev–Trinajstić information content (AvgIpc) is 3.02. The molecule has 0 bridgehead atoms. The van der Waals surface area contributed by atoms with Gasteiger partial charge in [0.15, 0.2) is 0 Å². The molecule has 0 saturated carbocycles. The van der Waals surface area contributed by atoms with Crippen molar-refractivity contribution in [2.45, 2.75) is 41.0 Å². The summed E-state index contributed by atoms with van der Waals surface area (Å²) in [6.07, 6.45) is 1.09. The van der Waals surface area contributed by atoms with Crippen molar-refractivity contribution in [3.8, 4) is 0 Å². The van der Waals surface area contributed by atoms with Gasteiger partial charge in [0.25, 0.3) is 5.91 Å². The fraction of sp³-hybridized carbons (Fsp3) is 0.577. The van der Waals surface area contributed by atoms with Gasteiger partial charge in [0, 0.05) is 50.5 Å². The summed E-state index contributed by atoms with van der Waals surface area (Å²) < 4.78 is 0. The molecule has 1 aromatic carbocycles. The zero-order chi connectivity index (χ0) is 25.6. The minimum atomic E-state index is -0.280. The third-order valence-electron chi connectivity index (χ3n) is 5.87. The minimum Gasteiger partial charge on any atom is -0.355 e. The van der Waals surface area contributed by atoms with Crippen molar-refractivity contribution in [2.75, 3.05) is 68.5 Å². The Morgan fingerprint density at radius 1 is 1.14 bits per heavy atom. The Hall–Kier alpha value is -2.91. The third kappa shape index (κ3) is 7.80. The summed E-state index contributed by atoms with van der Waals surface area (Å²) in [6.45, 7) is 15.6. The molecule has 1 aliphatic rings. The Morgan fingerprint density at radius 2 is 1.91 bits per heavy atom. The molecule has 0 spiro atoms. The standard InChI is InChI=1S/C26H41N7O2/c1-8-35-30-24(34)20-11-10-19(2)21(16-20)27-22-17-23(33-13-9-12-31(6)14-15-33)29-25(28-22)32(7)18-26(3,4)5/h10-11,16-17H,8-9,12-15,18H2,1-7H3,(H,30,34)(H,27,28,29). The van der Waals surface area contributed by atoms with Crippen LogP contribution in [0, 0.1) is 12.3 Å². The predicted octanol–water partition coefficient (Wildman–Crippen LogP) is 3.83. The number of nitrogens with one attached hydrogen (secondary N) is 2. The Kier molecular flexibility index (Phi) is 8.91. The van der Waals surface area contributed by atoms with Crippen molar-refractivity contribution >= 4 is 29.2 Å². The average molecular weight is 484 g/mol. The van der Waals surface area contributed by atoms with E-state index in [0.29, 0.717) is 23.9 Å². The second kappa shape index (κ2) is 11.7. The molecule has 1 aromatic heterocycles. The molecule has 35 heavy (non-hydrogen) atoms. The van der Waals surface area contributed by atoms with Gasteiger partial charge in [0.1, 0.15) is 11.6 Å². The molecule has 192 valence electrons. The van der Waals surface area contributed by atoms with Gasteiger partial charge < -0.3 is 20.0 Å². The maximum atomic E-state index is 12.4. The monoisotopic (exact) mass is 483 g/mol. The van der Waals surface area contributed by atoms with Crippen LogP contribution in [0.5, 0.6) is 0 Å². The molecule has 0 unspecified atom stereocenters. The van der Waals surface area contributed by atoms with E-state index in [1.807, 2.05) is 39.1 Å². The van der Waals surface area contributed by atoms with E-state index >= 15 is 0 Å². The van der Waals surface area contributed by atoms with Gasteiger partial charge in [-0.3, -0.25) is 9.63 Å². The highest BCUT2D eigenvalue weighted by Crippen LogP contribution is 2.27. The second-order valence-corrected chi connectivity index (χ2v) is 10.5. The quantitative estimate of drug-likeness (QED) is 0.548. The molecular weight excluding hydrogens is 442 g/mol. The van der Waals surface area contributed by atoms with Crippen LogP contribution in [0.1, 0.15) is 50.0 Å². The van der Waals surface area contributed by atoms with Gasteiger partial charge in [-0.2, -0.15) is 9.97 Å². The van der Waals surface area contributed by atoms with Gasteiger partial charge in [0.05, 0.1) is 6.61 Å². The molecule has 1 saturated heterocycles. The molecule has 9 heteroatoms. The van der Waals surface area contributed by atoms with Crippen LogP contribution in [0.4, 0.5) is 23.3 Å². The van der Waals surface area contributed by atoms with E-state index in [4.69, 9.17) is 14.8 Å². The van der Waals surface area contributed by atoms with Crippen LogP contribution in [-0.4, -0.2) is 74.2 Å². The van der Waals surface area contributed by atoms with Crippen molar-refractivity contribution in [1.29, 1.82) is 0 Å². The number of amides is 1. The van der Waals surface area contributed by atoms with E-state index in [1.165, 1.54) is 0 Å². The van der Waals surface area contributed by atoms with Crippen LogP contribution in [-0.2, 0) is 4.84 Å². The van der Waals surface area contributed by atoms with Crippen molar-refractivity contribution in [2.24, 2.45) is 5.41 Å². The highest BCUT2D eigenvalue weighted by molar-refractivity contribution is 5.94. The third-order valence-corrected chi connectivity index (χ3v) is 5.87. The Morgan fingerprint density at radius 3 is 2.63 bits per heavy atom. The van der Waals surface area contributed by atoms with Crippen LogP contribution in [0.15, 0.2) is 24.3 Å². The van der Waals surface area contributed by atoms with E-state index < -0.39 is 0 Å². The lowest BCUT2D eigenvalue weighted by Gasteiger charge is -2.29. The van der Waals surface area contributed by atoms with Crippen LogP contribution >= 0.6 is 0 Å². The summed E-state index contributed by atoms with van der Waals surface area (Å²) in [7, 11) is 4.20. The maximum absolute atomic E-state index is 12.4. The number of anilines is 4. The number of nitrogens with zero attached hydrogens (tertiary/aromatic N) is 5. The lowest BCUT2D eigenvalue weighted by Crippen LogP contribution is -2.32. The lowest BCUT2D eigenvalue weighted by atomic mass is 9.96. The highest BCUT2D eigenvalue weighted by Gasteiger charge is 2.20. The Bertz CT molecular complexity index is 1010. The van der Waals surface area contributed by atoms with E-state index in [2.05, 4.69) is 53.3 Å². The molecule has 0 aliphatic carbocycles. The number of hydroxylamine groups is 1. The molecule has 9 nitrogen and oxygen atoms in total. The zero-order valence-corrected chi connectivity index (χ0v) is 22.3. The summed E-state index contributed by atoms with van der Waals surface area (Å²) in [5, 5.41) is 3.45. The van der Waals surface area contributed by atoms with Crippen LogP contribution in [0.25, 0.3) is 0 Å². The Balaban J connectivity index is 1.94.